The molecule has 0 spiro atoms. The molecule has 8 nitrogen and oxygen atoms in total. The summed E-state index contributed by atoms with van der Waals surface area (Å²) < 4.78 is 30.9. The summed E-state index contributed by atoms with van der Waals surface area (Å²) >= 11 is 0. The quantitative estimate of drug-likeness (QED) is 0.525. The highest BCUT2D eigenvalue weighted by molar-refractivity contribution is 7.89. The van der Waals surface area contributed by atoms with Crippen LogP contribution in [0.15, 0.2) is 29.2 Å². The molecule has 0 bridgehead atoms. The van der Waals surface area contributed by atoms with Gasteiger partial charge >= 0.3 is 0 Å². The van der Waals surface area contributed by atoms with E-state index in [1.165, 1.54) is 25.3 Å². The van der Waals surface area contributed by atoms with Gasteiger partial charge in [0.2, 0.25) is 10.0 Å². The van der Waals surface area contributed by atoms with Gasteiger partial charge in [-0.25, -0.2) is 8.42 Å². The van der Waals surface area contributed by atoms with Crippen LogP contribution in [-0.2, 0) is 14.8 Å². The van der Waals surface area contributed by atoms with Gasteiger partial charge in [-0.1, -0.05) is 12.1 Å². The molecule has 1 aromatic rings. The average molecular weight is 313 g/mol. The Labute approximate surface area is 122 Å². The number of nitro benzene ring substituents is 1. The summed E-state index contributed by atoms with van der Waals surface area (Å²) in [5, 5.41) is 19.6. The summed E-state index contributed by atoms with van der Waals surface area (Å²) in [6.07, 6.45) is -0.0103. The SMILES string of the molecule is COCCN(CCC#N)S(=O)(=O)c1ccccc1[N+](=O)[O-]. The number of hydrogen-bond donors (Lipinski definition) is 0. The largest absolute Gasteiger partial charge is 0.383 e. The van der Waals surface area contributed by atoms with Crippen molar-refractivity contribution in [1.82, 2.24) is 4.31 Å². The van der Waals surface area contributed by atoms with Crippen molar-refractivity contribution in [2.45, 2.75) is 11.3 Å². The van der Waals surface area contributed by atoms with Crippen LogP contribution < -0.4 is 0 Å². The van der Waals surface area contributed by atoms with E-state index in [2.05, 4.69) is 0 Å². The molecule has 0 saturated carbocycles. The van der Waals surface area contributed by atoms with E-state index in [0.717, 1.165) is 10.4 Å². The van der Waals surface area contributed by atoms with Crippen LogP contribution in [0.3, 0.4) is 0 Å². The number of nitro groups is 1. The normalized spacial score (nSPS) is 11.3. The van der Waals surface area contributed by atoms with E-state index < -0.39 is 20.6 Å². The third-order valence-corrected chi connectivity index (χ3v) is 4.64. The van der Waals surface area contributed by atoms with Crippen LogP contribution in [0.4, 0.5) is 5.69 Å². The van der Waals surface area contributed by atoms with Crippen molar-refractivity contribution in [3.05, 3.63) is 34.4 Å². The van der Waals surface area contributed by atoms with Crippen LogP contribution in [-0.4, -0.2) is 44.5 Å². The molecule has 21 heavy (non-hydrogen) atoms. The van der Waals surface area contributed by atoms with Crippen molar-refractivity contribution < 1.29 is 18.1 Å². The molecule has 0 radical (unpaired) electrons. The highest BCUT2D eigenvalue weighted by atomic mass is 32.2. The summed E-state index contributed by atoms with van der Waals surface area (Å²) in [5.41, 5.74) is -0.489. The number of benzene rings is 1. The summed E-state index contributed by atoms with van der Waals surface area (Å²) in [4.78, 5) is 9.84. The third-order valence-electron chi connectivity index (χ3n) is 2.70. The molecule has 0 aliphatic heterocycles. The van der Waals surface area contributed by atoms with Gasteiger partial charge in [-0.05, 0) is 6.07 Å². The second kappa shape index (κ2) is 7.68. The maximum Gasteiger partial charge on any atom is 0.289 e. The van der Waals surface area contributed by atoms with Crippen molar-refractivity contribution >= 4 is 15.7 Å². The first-order valence-electron chi connectivity index (χ1n) is 6.04. The van der Waals surface area contributed by atoms with Crippen LogP contribution in [0.25, 0.3) is 0 Å². The Bertz CT molecular complexity index is 639. The zero-order valence-corrected chi connectivity index (χ0v) is 12.2. The Balaban J connectivity index is 3.22. The lowest BCUT2D eigenvalue weighted by molar-refractivity contribution is -0.387. The monoisotopic (exact) mass is 313 g/mol. The standard InChI is InChI=1S/C12H15N3O5S/c1-20-10-9-14(8-4-7-13)21(18,19)12-6-3-2-5-11(12)15(16)17/h2-3,5-6H,4,8-10H2,1H3. The molecule has 0 unspecified atom stereocenters. The molecule has 0 aliphatic rings. The molecule has 0 amide bonds. The van der Waals surface area contributed by atoms with Crippen molar-refractivity contribution in [3.63, 3.8) is 0 Å². The van der Waals surface area contributed by atoms with Crippen molar-refractivity contribution in [3.8, 4) is 6.07 Å². The first kappa shape index (κ1) is 17.0. The lowest BCUT2D eigenvalue weighted by Gasteiger charge is -2.20. The summed E-state index contributed by atoms with van der Waals surface area (Å²) in [6.45, 7) is 0.103. The molecule has 9 heteroatoms. The number of rotatable bonds is 8. The minimum atomic E-state index is -4.06. The van der Waals surface area contributed by atoms with Crippen LogP contribution in [0.5, 0.6) is 0 Å². The van der Waals surface area contributed by atoms with Crippen molar-refractivity contribution in [2.24, 2.45) is 0 Å². The Kier molecular flexibility index (Phi) is 6.23. The molecule has 0 aliphatic carbocycles. The Morgan fingerprint density at radius 2 is 2.05 bits per heavy atom. The van der Waals surface area contributed by atoms with Gasteiger partial charge in [-0.3, -0.25) is 10.1 Å². The molecule has 0 atom stereocenters. The van der Waals surface area contributed by atoms with Gasteiger partial charge in [0.25, 0.3) is 5.69 Å². The van der Waals surface area contributed by atoms with Crippen LogP contribution >= 0.6 is 0 Å². The lowest BCUT2D eigenvalue weighted by atomic mass is 10.3. The van der Waals surface area contributed by atoms with E-state index in [-0.39, 0.29) is 31.0 Å². The van der Waals surface area contributed by atoms with Gasteiger partial charge < -0.3 is 4.74 Å². The predicted molar refractivity (Wildman–Crippen MR) is 74.0 cm³/mol. The van der Waals surface area contributed by atoms with E-state index in [9.17, 15) is 18.5 Å². The number of hydrogen-bond acceptors (Lipinski definition) is 6. The summed E-state index contributed by atoms with van der Waals surface area (Å²) in [7, 11) is -2.64. The third kappa shape index (κ3) is 4.22. The average Bonchev–Trinajstić information content (AvgIpc) is 2.47. The Morgan fingerprint density at radius 1 is 1.38 bits per heavy atom. The van der Waals surface area contributed by atoms with Crippen LogP contribution in [0, 0.1) is 21.4 Å². The van der Waals surface area contributed by atoms with E-state index in [1.54, 1.807) is 0 Å². The topological polar surface area (TPSA) is 114 Å². The number of sulfonamides is 1. The smallest absolute Gasteiger partial charge is 0.289 e. The fourth-order valence-electron chi connectivity index (χ4n) is 1.69. The van der Waals surface area contributed by atoms with Crippen molar-refractivity contribution in [1.29, 1.82) is 5.26 Å². The van der Waals surface area contributed by atoms with E-state index in [1.807, 2.05) is 6.07 Å². The van der Waals surface area contributed by atoms with E-state index >= 15 is 0 Å². The van der Waals surface area contributed by atoms with Crippen LogP contribution in [0.2, 0.25) is 0 Å². The molecular formula is C12H15N3O5S. The molecule has 0 aromatic heterocycles. The highest BCUT2D eigenvalue weighted by Gasteiger charge is 2.30. The van der Waals surface area contributed by atoms with Gasteiger partial charge in [0, 0.05) is 32.7 Å². The number of methoxy groups -OCH3 is 1. The number of nitrogens with zero attached hydrogens (tertiary/aromatic N) is 3. The van der Waals surface area contributed by atoms with Gasteiger partial charge in [-0.2, -0.15) is 9.57 Å². The Hall–Kier alpha value is -2.02. The second-order valence-electron chi connectivity index (χ2n) is 4.03. The van der Waals surface area contributed by atoms with Gasteiger partial charge in [0.1, 0.15) is 0 Å². The zero-order chi connectivity index (χ0) is 15.9. The number of nitriles is 1. The molecule has 114 valence electrons. The first-order valence-corrected chi connectivity index (χ1v) is 7.48. The van der Waals surface area contributed by atoms with Gasteiger partial charge in [0.05, 0.1) is 17.6 Å². The predicted octanol–water partition coefficient (Wildman–Crippen LogP) is 1.15. The zero-order valence-electron chi connectivity index (χ0n) is 11.4. The van der Waals surface area contributed by atoms with E-state index in [0.29, 0.717) is 0 Å². The highest BCUT2D eigenvalue weighted by Crippen LogP contribution is 2.26. The molecule has 1 aromatic carbocycles. The van der Waals surface area contributed by atoms with Crippen LogP contribution in [0.1, 0.15) is 6.42 Å². The molecule has 1 rings (SSSR count). The fourth-order valence-corrected chi connectivity index (χ4v) is 3.27. The minimum Gasteiger partial charge on any atom is -0.383 e. The Morgan fingerprint density at radius 3 is 2.62 bits per heavy atom. The summed E-state index contributed by atoms with van der Waals surface area (Å²) in [5.74, 6) is 0. The maximum absolute atomic E-state index is 12.5. The van der Waals surface area contributed by atoms with E-state index in [4.69, 9.17) is 10.00 Å². The fraction of sp³-hybridized carbons (Fsp3) is 0.417. The number of para-hydroxylation sites is 1. The lowest BCUT2D eigenvalue weighted by Crippen LogP contribution is -2.35. The molecule has 0 heterocycles. The molecule has 0 saturated heterocycles. The minimum absolute atomic E-state index is 0.0103. The van der Waals surface area contributed by atoms with Crippen molar-refractivity contribution in [2.75, 3.05) is 26.8 Å². The summed E-state index contributed by atoms with van der Waals surface area (Å²) in [6, 6.07) is 6.98. The molecular weight excluding hydrogens is 298 g/mol. The first-order chi connectivity index (χ1) is 9.95. The molecule has 0 N–H and O–H groups in total. The van der Waals surface area contributed by atoms with Gasteiger partial charge in [0.15, 0.2) is 4.90 Å². The van der Waals surface area contributed by atoms with Gasteiger partial charge in [-0.15, -0.1) is 0 Å². The number of ether oxygens (including phenoxy) is 1. The second-order valence-corrected chi connectivity index (χ2v) is 5.94. The maximum atomic E-state index is 12.5. The molecule has 0 fully saturated rings.